The van der Waals surface area contributed by atoms with Crippen molar-refractivity contribution in [3.05, 3.63) is 53.6 Å². The van der Waals surface area contributed by atoms with E-state index in [-0.39, 0.29) is 44.0 Å². The number of anilines is 1. The Hall–Kier alpha value is -3.27. The van der Waals surface area contributed by atoms with E-state index >= 15 is 0 Å². The second-order valence-corrected chi connectivity index (χ2v) is 11.5. The Morgan fingerprint density at radius 1 is 1.08 bits per heavy atom. The standard InChI is InChI=1S/C27H37N3O6S/c1-6-23(27(32)28-19(2)3)29(17-21-10-7-9-20(4)15-21)26(31)11-8-14-30(37(5,33)34)22-12-13-24-25(16-22)36-18-35-24/h7,9-10,12-13,15-16,19,23H,6,8,11,14,17-18H2,1-5H3,(H,28,32). The number of ether oxygens (including phenoxy) is 2. The normalized spacial score (nSPS) is 13.4. The summed E-state index contributed by atoms with van der Waals surface area (Å²) in [6.45, 7) is 8.12. The Morgan fingerprint density at radius 2 is 1.81 bits per heavy atom. The van der Waals surface area contributed by atoms with E-state index in [1.165, 1.54) is 4.31 Å². The Kier molecular flexibility index (Phi) is 9.42. The molecule has 37 heavy (non-hydrogen) atoms. The second kappa shape index (κ2) is 12.3. The molecule has 2 aromatic rings. The smallest absolute Gasteiger partial charge is 0.243 e. The molecule has 1 atom stereocenters. The minimum Gasteiger partial charge on any atom is -0.454 e. The summed E-state index contributed by atoms with van der Waals surface area (Å²) in [7, 11) is -3.61. The van der Waals surface area contributed by atoms with Crippen LogP contribution in [0.2, 0.25) is 0 Å². The monoisotopic (exact) mass is 531 g/mol. The maximum Gasteiger partial charge on any atom is 0.243 e. The van der Waals surface area contributed by atoms with Gasteiger partial charge in [-0.25, -0.2) is 8.42 Å². The van der Waals surface area contributed by atoms with Crippen molar-refractivity contribution < 1.29 is 27.5 Å². The van der Waals surface area contributed by atoms with E-state index in [1.54, 1.807) is 23.1 Å². The first-order valence-electron chi connectivity index (χ1n) is 12.5. The van der Waals surface area contributed by atoms with Gasteiger partial charge in [0.25, 0.3) is 0 Å². The largest absolute Gasteiger partial charge is 0.454 e. The number of hydrogen-bond donors (Lipinski definition) is 1. The van der Waals surface area contributed by atoms with Gasteiger partial charge < -0.3 is 19.7 Å². The number of benzene rings is 2. The highest BCUT2D eigenvalue weighted by Gasteiger charge is 2.29. The van der Waals surface area contributed by atoms with Gasteiger partial charge in [-0.15, -0.1) is 0 Å². The van der Waals surface area contributed by atoms with E-state index < -0.39 is 16.1 Å². The van der Waals surface area contributed by atoms with Gasteiger partial charge in [0.2, 0.25) is 28.6 Å². The fourth-order valence-corrected chi connectivity index (χ4v) is 5.31. The summed E-state index contributed by atoms with van der Waals surface area (Å²) < 4.78 is 37.1. The summed E-state index contributed by atoms with van der Waals surface area (Å²) in [5.41, 5.74) is 2.44. The molecule has 0 radical (unpaired) electrons. The molecule has 0 aromatic heterocycles. The van der Waals surface area contributed by atoms with Crippen LogP contribution in [0.25, 0.3) is 0 Å². The van der Waals surface area contributed by atoms with E-state index in [0.29, 0.717) is 30.2 Å². The van der Waals surface area contributed by atoms with Crippen molar-refractivity contribution in [2.24, 2.45) is 0 Å². The fourth-order valence-electron chi connectivity index (χ4n) is 4.35. The third kappa shape index (κ3) is 7.61. The molecule has 0 aliphatic carbocycles. The number of aryl methyl sites for hydroxylation is 1. The minimum absolute atomic E-state index is 0.0532. The summed E-state index contributed by atoms with van der Waals surface area (Å²) in [5.74, 6) is 0.640. The second-order valence-electron chi connectivity index (χ2n) is 9.57. The molecule has 3 rings (SSSR count). The van der Waals surface area contributed by atoms with Gasteiger partial charge in [0.05, 0.1) is 11.9 Å². The van der Waals surface area contributed by atoms with Gasteiger partial charge in [-0.2, -0.15) is 0 Å². The lowest BCUT2D eigenvalue weighted by Crippen LogP contribution is -2.50. The van der Waals surface area contributed by atoms with Crippen LogP contribution in [0.4, 0.5) is 5.69 Å². The van der Waals surface area contributed by atoms with Crippen LogP contribution < -0.4 is 19.1 Å². The van der Waals surface area contributed by atoms with Gasteiger partial charge in [0.15, 0.2) is 11.5 Å². The third-order valence-electron chi connectivity index (χ3n) is 6.05. The molecule has 1 aliphatic rings. The van der Waals surface area contributed by atoms with Gasteiger partial charge in [0.1, 0.15) is 6.04 Å². The highest BCUT2D eigenvalue weighted by Crippen LogP contribution is 2.36. The SMILES string of the molecule is CCC(C(=O)NC(C)C)N(Cc1cccc(C)c1)C(=O)CCCN(c1ccc2c(c1)OCO2)S(C)(=O)=O. The van der Waals surface area contributed by atoms with Crippen molar-refractivity contribution in [3.8, 4) is 11.5 Å². The number of nitrogens with zero attached hydrogens (tertiary/aromatic N) is 2. The van der Waals surface area contributed by atoms with Crippen molar-refractivity contribution in [1.29, 1.82) is 0 Å². The average molecular weight is 532 g/mol. The van der Waals surface area contributed by atoms with E-state index in [2.05, 4.69) is 5.32 Å². The molecule has 0 saturated carbocycles. The zero-order chi connectivity index (χ0) is 27.2. The topological polar surface area (TPSA) is 105 Å². The predicted molar refractivity (Wildman–Crippen MR) is 143 cm³/mol. The molecule has 0 saturated heterocycles. The summed E-state index contributed by atoms with van der Waals surface area (Å²) in [6.07, 6.45) is 1.97. The fraction of sp³-hybridized carbons (Fsp3) is 0.481. The first-order valence-corrected chi connectivity index (χ1v) is 14.4. The van der Waals surface area contributed by atoms with Crippen molar-refractivity contribution in [2.45, 2.75) is 65.6 Å². The van der Waals surface area contributed by atoms with Crippen LogP contribution in [-0.2, 0) is 26.2 Å². The van der Waals surface area contributed by atoms with Crippen molar-refractivity contribution in [3.63, 3.8) is 0 Å². The summed E-state index contributed by atoms with van der Waals surface area (Å²) in [6, 6.07) is 12.1. The lowest BCUT2D eigenvalue weighted by Gasteiger charge is -2.31. The zero-order valence-corrected chi connectivity index (χ0v) is 23.0. The molecule has 1 N–H and O–H groups in total. The molecule has 9 nitrogen and oxygen atoms in total. The molecular formula is C27H37N3O6S. The molecule has 2 aromatic carbocycles. The van der Waals surface area contributed by atoms with Crippen LogP contribution >= 0.6 is 0 Å². The average Bonchev–Trinajstić information content (AvgIpc) is 3.28. The first-order chi connectivity index (χ1) is 17.5. The Balaban J connectivity index is 1.76. The third-order valence-corrected chi connectivity index (χ3v) is 7.24. The van der Waals surface area contributed by atoms with E-state index in [4.69, 9.17) is 9.47 Å². The van der Waals surface area contributed by atoms with E-state index in [1.807, 2.05) is 52.0 Å². The van der Waals surface area contributed by atoms with E-state index in [9.17, 15) is 18.0 Å². The highest BCUT2D eigenvalue weighted by atomic mass is 32.2. The summed E-state index contributed by atoms with van der Waals surface area (Å²) in [4.78, 5) is 28.1. The van der Waals surface area contributed by atoms with Gasteiger partial charge >= 0.3 is 0 Å². The van der Waals surface area contributed by atoms with Crippen LogP contribution in [0.1, 0.15) is 51.2 Å². The maximum absolute atomic E-state index is 13.5. The van der Waals surface area contributed by atoms with Crippen LogP contribution in [0, 0.1) is 6.92 Å². The number of carbonyl (C=O) groups excluding carboxylic acids is 2. The molecule has 0 bridgehead atoms. The van der Waals surface area contributed by atoms with Crippen molar-refractivity contribution >= 4 is 27.5 Å². The molecule has 0 fully saturated rings. The predicted octanol–water partition coefficient (Wildman–Crippen LogP) is 3.60. The number of sulfonamides is 1. The summed E-state index contributed by atoms with van der Waals surface area (Å²) >= 11 is 0. The van der Waals surface area contributed by atoms with Crippen molar-refractivity contribution in [1.82, 2.24) is 10.2 Å². The van der Waals surface area contributed by atoms with Gasteiger partial charge in [-0.1, -0.05) is 36.8 Å². The molecule has 1 unspecified atom stereocenters. The number of amides is 2. The van der Waals surface area contributed by atoms with E-state index in [0.717, 1.165) is 17.4 Å². The summed E-state index contributed by atoms with van der Waals surface area (Å²) in [5, 5.41) is 2.92. The number of hydrogen-bond acceptors (Lipinski definition) is 6. The van der Waals surface area contributed by atoms with Crippen LogP contribution in [-0.4, -0.2) is 56.8 Å². The lowest BCUT2D eigenvalue weighted by molar-refractivity contribution is -0.141. The number of carbonyl (C=O) groups is 2. The number of nitrogens with one attached hydrogen (secondary N) is 1. The quantitative estimate of drug-likeness (QED) is 0.449. The number of rotatable bonds is 12. The minimum atomic E-state index is -3.61. The lowest BCUT2D eigenvalue weighted by atomic mass is 10.1. The highest BCUT2D eigenvalue weighted by molar-refractivity contribution is 7.92. The Labute approximate surface area is 219 Å². The first kappa shape index (κ1) is 28.3. The van der Waals surface area contributed by atoms with Gasteiger partial charge in [-0.3, -0.25) is 13.9 Å². The Morgan fingerprint density at radius 3 is 2.46 bits per heavy atom. The molecule has 1 aliphatic heterocycles. The molecule has 0 spiro atoms. The molecule has 2 amide bonds. The molecule has 10 heteroatoms. The number of fused-ring (bicyclic) bond motifs is 1. The molecular weight excluding hydrogens is 494 g/mol. The van der Waals surface area contributed by atoms with Crippen LogP contribution in [0.5, 0.6) is 11.5 Å². The van der Waals surface area contributed by atoms with Gasteiger partial charge in [0, 0.05) is 31.6 Å². The molecule has 1 heterocycles. The van der Waals surface area contributed by atoms with Crippen molar-refractivity contribution in [2.75, 3.05) is 23.9 Å². The van der Waals surface area contributed by atoms with Crippen LogP contribution in [0.3, 0.4) is 0 Å². The van der Waals surface area contributed by atoms with Crippen LogP contribution in [0.15, 0.2) is 42.5 Å². The Bertz CT molecular complexity index is 1210. The van der Waals surface area contributed by atoms with Gasteiger partial charge in [-0.05, 0) is 51.3 Å². The zero-order valence-electron chi connectivity index (χ0n) is 22.2. The molecule has 202 valence electrons. The maximum atomic E-state index is 13.5.